The Morgan fingerprint density at radius 3 is 2.57 bits per heavy atom. The number of hydrogen-bond donors (Lipinski definition) is 2. The number of aryl methyl sites for hydroxylation is 1. The van der Waals surface area contributed by atoms with Crippen molar-refractivity contribution >= 4 is 41.0 Å². The van der Waals surface area contributed by atoms with Crippen LogP contribution in [0.3, 0.4) is 0 Å². The molecule has 0 radical (unpaired) electrons. The fourth-order valence-electron chi connectivity index (χ4n) is 3.63. The number of nitrogens with one attached hydrogen (secondary N) is 2. The van der Waals surface area contributed by atoms with E-state index in [0.717, 1.165) is 55.7 Å². The minimum atomic E-state index is 0. The van der Waals surface area contributed by atoms with E-state index in [9.17, 15) is 0 Å². The van der Waals surface area contributed by atoms with E-state index in [1.54, 1.807) is 0 Å². The second-order valence-corrected chi connectivity index (χ2v) is 7.34. The molecule has 28 heavy (non-hydrogen) atoms. The molecule has 1 aromatic heterocycles. The Balaban J connectivity index is 0.00000280. The Morgan fingerprint density at radius 1 is 1.21 bits per heavy atom. The lowest BCUT2D eigenvalue weighted by Crippen LogP contribution is -2.52. The number of halogens is 1. The molecular formula is C20H33IN6O. The van der Waals surface area contributed by atoms with E-state index in [0.29, 0.717) is 18.5 Å². The van der Waals surface area contributed by atoms with Crippen LogP contribution in [-0.2, 0) is 18.3 Å². The van der Waals surface area contributed by atoms with Gasteiger partial charge in [-0.05, 0) is 18.1 Å². The quantitative estimate of drug-likeness (QED) is 0.362. The number of para-hydroxylation sites is 2. The van der Waals surface area contributed by atoms with E-state index in [1.165, 1.54) is 0 Å². The van der Waals surface area contributed by atoms with Crippen molar-refractivity contribution < 1.29 is 4.74 Å². The third kappa shape index (κ3) is 5.57. The Bertz CT molecular complexity index is 769. The molecule has 2 N–H and O–H groups in total. The van der Waals surface area contributed by atoms with Gasteiger partial charge in [0.15, 0.2) is 5.96 Å². The lowest BCUT2D eigenvalue weighted by Gasteiger charge is -2.37. The summed E-state index contributed by atoms with van der Waals surface area (Å²) in [5.74, 6) is 2.36. The molecule has 0 amide bonds. The van der Waals surface area contributed by atoms with E-state index in [2.05, 4.69) is 52.1 Å². The number of fused-ring (bicyclic) bond motifs is 1. The van der Waals surface area contributed by atoms with Crippen molar-refractivity contribution in [1.82, 2.24) is 25.1 Å². The maximum atomic E-state index is 5.49. The molecule has 2 aromatic rings. The molecule has 0 spiro atoms. The van der Waals surface area contributed by atoms with E-state index in [1.807, 2.05) is 25.2 Å². The van der Waals surface area contributed by atoms with Gasteiger partial charge < -0.3 is 19.9 Å². The molecule has 8 heteroatoms. The lowest BCUT2D eigenvalue weighted by atomic mass is 10.0. The molecule has 0 bridgehead atoms. The van der Waals surface area contributed by atoms with Crippen LogP contribution < -0.4 is 10.6 Å². The molecular weight excluding hydrogens is 467 g/mol. The molecule has 1 saturated heterocycles. The van der Waals surface area contributed by atoms with Crippen LogP contribution >= 0.6 is 24.0 Å². The zero-order valence-corrected chi connectivity index (χ0v) is 19.6. The van der Waals surface area contributed by atoms with Gasteiger partial charge in [0.05, 0.1) is 30.8 Å². The molecule has 1 fully saturated rings. The summed E-state index contributed by atoms with van der Waals surface area (Å²) >= 11 is 0. The Morgan fingerprint density at radius 2 is 1.93 bits per heavy atom. The highest BCUT2D eigenvalue weighted by Crippen LogP contribution is 2.14. The fourth-order valence-corrected chi connectivity index (χ4v) is 3.63. The van der Waals surface area contributed by atoms with Crippen molar-refractivity contribution in [1.29, 1.82) is 0 Å². The van der Waals surface area contributed by atoms with E-state index in [-0.39, 0.29) is 24.0 Å². The minimum Gasteiger partial charge on any atom is -0.379 e. The Kier molecular flexibility index (Phi) is 8.97. The summed E-state index contributed by atoms with van der Waals surface area (Å²) in [7, 11) is 3.86. The smallest absolute Gasteiger partial charge is 0.191 e. The van der Waals surface area contributed by atoms with E-state index >= 15 is 0 Å². The summed E-state index contributed by atoms with van der Waals surface area (Å²) in [6.07, 6.45) is 0. The van der Waals surface area contributed by atoms with Crippen molar-refractivity contribution in [2.45, 2.75) is 26.4 Å². The van der Waals surface area contributed by atoms with Crippen molar-refractivity contribution in [3.8, 4) is 0 Å². The van der Waals surface area contributed by atoms with Gasteiger partial charge in [0.25, 0.3) is 0 Å². The van der Waals surface area contributed by atoms with Crippen LogP contribution in [0.5, 0.6) is 0 Å². The zero-order chi connectivity index (χ0) is 19.2. The number of morpholine rings is 1. The summed E-state index contributed by atoms with van der Waals surface area (Å²) in [5.41, 5.74) is 2.16. The average molecular weight is 500 g/mol. The minimum absolute atomic E-state index is 0. The summed E-state index contributed by atoms with van der Waals surface area (Å²) in [6, 6.07) is 8.66. The highest BCUT2D eigenvalue weighted by atomic mass is 127. The molecule has 156 valence electrons. The third-order valence-electron chi connectivity index (χ3n) is 5.28. The SMILES string of the molecule is CN=C(NCc1nc2ccccc2n1C)NCC(C(C)C)N1CCOCC1.I. The molecule has 3 rings (SSSR count). The number of aromatic nitrogens is 2. The van der Waals surface area contributed by atoms with Gasteiger partial charge in [-0.25, -0.2) is 4.98 Å². The number of aliphatic imine (C=N–C) groups is 1. The zero-order valence-electron chi connectivity index (χ0n) is 17.3. The number of imidazole rings is 1. The molecule has 1 aliphatic heterocycles. The number of rotatable bonds is 6. The number of ether oxygens (including phenoxy) is 1. The standard InChI is InChI=1S/C20H32N6O.HI/c1-15(2)18(26-9-11-27-12-10-26)13-22-20(21-3)23-14-19-24-16-7-5-6-8-17(16)25(19)4;/h5-8,15,18H,9-14H2,1-4H3,(H2,21,22,23);1H. The van der Waals surface area contributed by atoms with Crippen LogP contribution in [0.25, 0.3) is 11.0 Å². The molecule has 0 aliphatic carbocycles. The number of nitrogens with zero attached hydrogens (tertiary/aromatic N) is 4. The van der Waals surface area contributed by atoms with Gasteiger partial charge in [-0.2, -0.15) is 0 Å². The summed E-state index contributed by atoms with van der Waals surface area (Å²) in [4.78, 5) is 11.6. The van der Waals surface area contributed by atoms with E-state index < -0.39 is 0 Å². The first-order valence-electron chi connectivity index (χ1n) is 9.76. The Hall–Kier alpha value is -1.39. The van der Waals surface area contributed by atoms with Gasteiger partial charge in [0, 0.05) is 39.8 Å². The molecule has 2 heterocycles. The number of hydrogen-bond acceptors (Lipinski definition) is 4. The maximum Gasteiger partial charge on any atom is 0.191 e. The first kappa shape index (κ1) is 22.9. The van der Waals surface area contributed by atoms with Crippen LogP contribution in [0.1, 0.15) is 19.7 Å². The number of guanidine groups is 1. The van der Waals surface area contributed by atoms with Gasteiger partial charge in [-0.15, -0.1) is 24.0 Å². The highest BCUT2D eigenvalue weighted by Gasteiger charge is 2.23. The molecule has 1 atom stereocenters. The van der Waals surface area contributed by atoms with Crippen LogP contribution in [0.2, 0.25) is 0 Å². The molecule has 0 saturated carbocycles. The summed E-state index contributed by atoms with van der Waals surface area (Å²) in [5, 5.41) is 6.89. The predicted octanol–water partition coefficient (Wildman–Crippen LogP) is 2.21. The van der Waals surface area contributed by atoms with Gasteiger partial charge in [0.2, 0.25) is 0 Å². The molecule has 1 aliphatic rings. The highest BCUT2D eigenvalue weighted by molar-refractivity contribution is 14.0. The first-order valence-corrected chi connectivity index (χ1v) is 9.76. The van der Waals surface area contributed by atoms with Crippen molar-refractivity contribution in [3.63, 3.8) is 0 Å². The molecule has 7 nitrogen and oxygen atoms in total. The average Bonchev–Trinajstić information content (AvgIpc) is 3.01. The summed E-state index contributed by atoms with van der Waals surface area (Å²) < 4.78 is 7.62. The topological polar surface area (TPSA) is 66.7 Å². The fraction of sp³-hybridized carbons (Fsp3) is 0.600. The monoisotopic (exact) mass is 500 g/mol. The number of benzene rings is 1. The van der Waals surface area contributed by atoms with Crippen LogP contribution in [-0.4, -0.2) is 66.3 Å². The van der Waals surface area contributed by atoms with Crippen molar-refractivity contribution in [2.24, 2.45) is 18.0 Å². The second-order valence-electron chi connectivity index (χ2n) is 7.34. The van der Waals surface area contributed by atoms with Gasteiger partial charge in [-0.3, -0.25) is 9.89 Å². The molecule has 1 aromatic carbocycles. The van der Waals surface area contributed by atoms with Crippen molar-refractivity contribution in [2.75, 3.05) is 39.9 Å². The Labute approximate surface area is 185 Å². The third-order valence-corrected chi connectivity index (χ3v) is 5.28. The second kappa shape index (κ2) is 11.0. The van der Waals surface area contributed by atoms with Crippen LogP contribution in [0, 0.1) is 5.92 Å². The normalized spacial score (nSPS) is 16.8. The van der Waals surface area contributed by atoms with Crippen molar-refractivity contribution in [3.05, 3.63) is 30.1 Å². The van der Waals surface area contributed by atoms with Crippen LogP contribution in [0.15, 0.2) is 29.3 Å². The lowest BCUT2D eigenvalue weighted by molar-refractivity contribution is 0.00752. The van der Waals surface area contributed by atoms with Gasteiger partial charge in [-0.1, -0.05) is 26.0 Å². The largest absolute Gasteiger partial charge is 0.379 e. The van der Waals surface area contributed by atoms with Gasteiger partial charge >= 0.3 is 0 Å². The predicted molar refractivity (Wildman–Crippen MR) is 125 cm³/mol. The van der Waals surface area contributed by atoms with E-state index in [4.69, 9.17) is 9.72 Å². The van der Waals surface area contributed by atoms with Gasteiger partial charge in [0.1, 0.15) is 5.82 Å². The molecule has 1 unspecified atom stereocenters. The maximum absolute atomic E-state index is 5.49. The van der Waals surface area contributed by atoms with Crippen LogP contribution in [0.4, 0.5) is 0 Å². The first-order chi connectivity index (χ1) is 13.1. The summed E-state index contributed by atoms with van der Waals surface area (Å²) in [6.45, 7) is 9.68.